The molecule has 1 aliphatic rings. The maximum absolute atomic E-state index is 14.3. The van der Waals surface area contributed by atoms with Crippen molar-refractivity contribution in [2.75, 3.05) is 0 Å². The van der Waals surface area contributed by atoms with Crippen LogP contribution >= 0.6 is 0 Å². The van der Waals surface area contributed by atoms with Crippen LogP contribution in [0.3, 0.4) is 0 Å². The zero-order valence-corrected chi connectivity index (χ0v) is 12.8. The molecule has 0 aliphatic heterocycles. The van der Waals surface area contributed by atoms with Crippen LogP contribution in [-0.2, 0) is 6.54 Å². The molecule has 8 heteroatoms. The van der Waals surface area contributed by atoms with E-state index in [4.69, 9.17) is 5.11 Å². The second-order valence-electron chi connectivity index (χ2n) is 6.07. The molecule has 0 aromatic carbocycles. The van der Waals surface area contributed by atoms with Crippen molar-refractivity contribution >= 4 is 5.97 Å². The molecule has 0 spiro atoms. The number of pyridine rings is 1. The minimum atomic E-state index is -2.66. The van der Waals surface area contributed by atoms with Crippen LogP contribution in [0.15, 0.2) is 24.7 Å². The Morgan fingerprint density at radius 3 is 2.62 bits per heavy atom. The molecule has 3 rings (SSSR count). The first kappa shape index (κ1) is 16.5. The van der Waals surface area contributed by atoms with Crippen LogP contribution in [0.1, 0.15) is 53.2 Å². The van der Waals surface area contributed by atoms with E-state index in [1.807, 2.05) is 0 Å². The van der Waals surface area contributed by atoms with E-state index in [9.17, 15) is 18.0 Å². The van der Waals surface area contributed by atoms with Gasteiger partial charge >= 0.3 is 5.97 Å². The van der Waals surface area contributed by atoms with E-state index in [0.717, 1.165) is 0 Å². The molecule has 1 saturated carbocycles. The van der Waals surface area contributed by atoms with Crippen LogP contribution in [0, 0.1) is 5.82 Å². The highest BCUT2D eigenvalue weighted by Gasteiger charge is 2.36. The van der Waals surface area contributed by atoms with E-state index in [0.29, 0.717) is 5.56 Å². The predicted molar refractivity (Wildman–Crippen MR) is 78.6 cm³/mol. The highest BCUT2D eigenvalue weighted by atomic mass is 19.3. The van der Waals surface area contributed by atoms with E-state index in [1.165, 1.54) is 29.3 Å². The summed E-state index contributed by atoms with van der Waals surface area (Å²) >= 11 is 0. The SMILES string of the molecule is O=C(O)c1cnn(Cc2cnc(C3CCC(F)(F)CC3)c(F)c2)c1. The van der Waals surface area contributed by atoms with Gasteiger partial charge < -0.3 is 5.11 Å². The smallest absolute Gasteiger partial charge is 0.338 e. The van der Waals surface area contributed by atoms with Crippen molar-refractivity contribution in [2.45, 2.75) is 44.1 Å². The highest BCUT2D eigenvalue weighted by molar-refractivity contribution is 5.86. The Labute approximate surface area is 136 Å². The average molecular weight is 339 g/mol. The van der Waals surface area contributed by atoms with Crippen LogP contribution in [0.4, 0.5) is 13.2 Å². The molecule has 0 atom stereocenters. The molecule has 24 heavy (non-hydrogen) atoms. The molecule has 1 fully saturated rings. The summed E-state index contributed by atoms with van der Waals surface area (Å²) in [4.78, 5) is 14.9. The molecule has 2 aromatic rings. The molecule has 0 radical (unpaired) electrons. The lowest BCUT2D eigenvalue weighted by Crippen LogP contribution is -2.24. The fourth-order valence-corrected chi connectivity index (χ4v) is 2.94. The normalized spacial score (nSPS) is 17.8. The zero-order chi connectivity index (χ0) is 17.3. The Bertz CT molecular complexity index is 751. The van der Waals surface area contributed by atoms with Crippen LogP contribution in [0.5, 0.6) is 0 Å². The molecule has 0 bridgehead atoms. The number of carboxylic acids is 1. The molecular weight excluding hydrogens is 323 g/mol. The Kier molecular flexibility index (Phi) is 4.29. The first-order valence-corrected chi connectivity index (χ1v) is 7.62. The van der Waals surface area contributed by atoms with Gasteiger partial charge in [-0.25, -0.2) is 18.0 Å². The number of hydrogen-bond acceptors (Lipinski definition) is 3. The van der Waals surface area contributed by atoms with Crippen molar-refractivity contribution in [1.82, 2.24) is 14.8 Å². The lowest BCUT2D eigenvalue weighted by Gasteiger charge is -2.28. The van der Waals surface area contributed by atoms with Crippen LogP contribution in [-0.4, -0.2) is 31.8 Å². The van der Waals surface area contributed by atoms with Gasteiger partial charge in [-0.15, -0.1) is 0 Å². The standard InChI is InChI=1S/C16H16F3N3O2/c17-13-5-10(8-22-9-12(7-21-22)15(23)24)6-20-14(13)11-1-3-16(18,19)4-2-11/h5-7,9,11H,1-4,8H2,(H,23,24). The van der Waals surface area contributed by atoms with Crippen LogP contribution in [0.25, 0.3) is 0 Å². The summed E-state index contributed by atoms with van der Waals surface area (Å²) in [6, 6.07) is 1.30. The number of rotatable bonds is 4. The lowest BCUT2D eigenvalue weighted by molar-refractivity contribution is -0.0387. The van der Waals surface area contributed by atoms with Gasteiger partial charge in [0.25, 0.3) is 0 Å². The Hall–Kier alpha value is -2.38. The Balaban J connectivity index is 1.71. The number of alkyl halides is 2. The van der Waals surface area contributed by atoms with Crippen molar-refractivity contribution in [2.24, 2.45) is 0 Å². The topological polar surface area (TPSA) is 68.0 Å². The van der Waals surface area contributed by atoms with Crippen molar-refractivity contribution in [3.05, 3.63) is 47.3 Å². The van der Waals surface area contributed by atoms with Gasteiger partial charge in [0.1, 0.15) is 5.82 Å². The summed E-state index contributed by atoms with van der Waals surface area (Å²) < 4.78 is 42.1. The molecule has 1 N–H and O–H groups in total. The monoisotopic (exact) mass is 339 g/mol. The number of halogens is 3. The lowest BCUT2D eigenvalue weighted by atomic mass is 9.84. The number of hydrogen-bond donors (Lipinski definition) is 1. The maximum atomic E-state index is 14.3. The summed E-state index contributed by atoms with van der Waals surface area (Å²) in [5.74, 6) is -4.56. The maximum Gasteiger partial charge on any atom is 0.338 e. The molecule has 1 aliphatic carbocycles. The fourth-order valence-electron chi connectivity index (χ4n) is 2.94. The molecule has 2 aromatic heterocycles. The Morgan fingerprint density at radius 1 is 1.33 bits per heavy atom. The largest absolute Gasteiger partial charge is 0.478 e. The second kappa shape index (κ2) is 6.26. The fraction of sp³-hybridized carbons (Fsp3) is 0.438. The van der Waals surface area contributed by atoms with E-state index < -0.39 is 17.7 Å². The summed E-state index contributed by atoms with van der Waals surface area (Å²) in [5, 5.41) is 12.7. The molecule has 2 heterocycles. The Morgan fingerprint density at radius 2 is 2.04 bits per heavy atom. The zero-order valence-electron chi connectivity index (χ0n) is 12.8. The van der Waals surface area contributed by atoms with Gasteiger partial charge in [-0.2, -0.15) is 5.10 Å². The molecule has 5 nitrogen and oxygen atoms in total. The summed E-state index contributed by atoms with van der Waals surface area (Å²) in [5.41, 5.74) is 0.793. The molecule has 0 amide bonds. The first-order valence-electron chi connectivity index (χ1n) is 7.62. The number of aromatic nitrogens is 3. The number of carboxylic acid groups (broad SMARTS) is 1. The summed E-state index contributed by atoms with van der Waals surface area (Å²) in [6.45, 7) is 0.181. The van der Waals surface area contributed by atoms with Crippen LogP contribution < -0.4 is 0 Å². The van der Waals surface area contributed by atoms with Gasteiger partial charge in [-0.05, 0) is 24.5 Å². The number of nitrogens with zero attached hydrogens (tertiary/aromatic N) is 3. The third-order valence-corrected chi connectivity index (χ3v) is 4.25. The summed E-state index contributed by atoms with van der Waals surface area (Å²) in [6.07, 6.45) is 3.99. The minimum Gasteiger partial charge on any atom is -0.478 e. The van der Waals surface area contributed by atoms with Gasteiger partial charge in [0.15, 0.2) is 0 Å². The predicted octanol–water partition coefficient (Wildman–Crippen LogP) is 3.46. The third-order valence-electron chi connectivity index (χ3n) is 4.25. The van der Waals surface area contributed by atoms with Gasteiger partial charge in [-0.1, -0.05) is 0 Å². The van der Waals surface area contributed by atoms with E-state index >= 15 is 0 Å². The minimum absolute atomic E-state index is 0.0446. The number of aromatic carboxylic acids is 1. The summed E-state index contributed by atoms with van der Waals surface area (Å²) in [7, 11) is 0. The van der Waals surface area contributed by atoms with E-state index in [-0.39, 0.29) is 49.4 Å². The van der Waals surface area contributed by atoms with Crippen molar-refractivity contribution in [1.29, 1.82) is 0 Å². The molecule has 0 saturated heterocycles. The first-order chi connectivity index (χ1) is 11.3. The highest BCUT2D eigenvalue weighted by Crippen LogP contribution is 2.40. The molecular formula is C16H16F3N3O2. The quantitative estimate of drug-likeness (QED) is 0.926. The van der Waals surface area contributed by atoms with Crippen LogP contribution in [0.2, 0.25) is 0 Å². The van der Waals surface area contributed by atoms with E-state index in [2.05, 4.69) is 10.1 Å². The van der Waals surface area contributed by atoms with Gasteiger partial charge in [-0.3, -0.25) is 9.67 Å². The number of carbonyl (C=O) groups is 1. The molecule has 0 unspecified atom stereocenters. The van der Waals surface area contributed by atoms with Gasteiger partial charge in [0, 0.05) is 31.2 Å². The van der Waals surface area contributed by atoms with Gasteiger partial charge in [0.05, 0.1) is 24.0 Å². The van der Waals surface area contributed by atoms with Crippen molar-refractivity contribution < 1.29 is 23.1 Å². The third kappa shape index (κ3) is 3.58. The second-order valence-corrected chi connectivity index (χ2v) is 6.07. The van der Waals surface area contributed by atoms with E-state index in [1.54, 1.807) is 0 Å². The molecule has 128 valence electrons. The van der Waals surface area contributed by atoms with Gasteiger partial charge in [0.2, 0.25) is 5.92 Å². The average Bonchev–Trinajstić information content (AvgIpc) is 2.97. The van der Waals surface area contributed by atoms with Crippen molar-refractivity contribution in [3.63, 3.8) is 0 Å². The van der Waals surface area contributed by atoms with Crippen molar-refractivity contribution in [3.8, 4) is 0 Å².